The Bertz CT molecular complexity index is 899. The van der Waals surface area contributed by atoms with Crippen LogP contribution in [0.5, 0.6) is 5.75 Å². The number of rotatable bonds is 4. The van der Waals surface area contributed by atoms with Gasteiger partial charge in [-0.05, 0) is 55.0 Å². The average Bonchev–Trinajstić information content (AvgIpc) is 3.22. The molecule has 1 spiro atoms. The number of hydrogen-bond donors (Lipinski definition) is 1. The molecule has 132 valence electrons. The minimum absolute atomic E-state index is 0.186. The number of urea groups is 1. The standard InChI is InChI=1S/C19H17N3O3S/c20-12-13-3-5-14(6-4-13)25-10-9-22-17(23)19(21-18(22)24)8-1-2-16-15(19)7-11-26-16/h3-7,11H,1-2,8-10H2,(H,21,24). The zero-order valence-corrected chi connectivity index (χ0v) is 14.8. The SMILES string of the molecule is N#Cc1ccc(OCCN2C(=O)NC3(CCCc4sccc43)C2=O)cc1. The number of nitrogens with zero attached hydrogens (tertiary/aromatic N) is 2. The van der Waals surface area contributed by atoms with Crippen molar-refractivity contribution < 1.29 is 14.3 Å². The molecular weight excluding hydrogens is 350 g/mol. The zero-order chi connectivity index (χ0) is 18.1. The summed E-state index contributed by atoms with van der Waals surface area (Å²) < 4.78 is 5.61. The molecule has 7 heteroatoms. The van der Waals surface area contributed by atoms with Gasteiger partial charge in [-0.2, -0.15) is 5.26 Å². The number of carbonyl (C=O) groups is 2. The summed E-state index contributed by atoms with van der Waals surface area (Å²) in [6.45, 7) is 0.392. The number of imide groups is 1. The van der Waals surface area contributed by atoms with Crippen LogP contribution in [0.1, 0.15) is 28.8 Å². The lowest BCUT2D eigenvalue weighted by Gasteiger charge is -2.31. The van der Waals surface area contributed by atoms with Gasteiger partial charge in [0, 0.05) is 10.4 Å². The quantitative estimate of drug-likeness (QED) is 0.843. The van der Waals surface area contributed by atoms with E-state index >= 15 is 0 Å². The van der Waals surface area contributed by atoms with Crippen molar-refractivity contribution in [3.63, 3.8) is 0 Å². The molecule has 2 aromatic rings. The summed E-state index contributed by atoms with van der Waals surface area (Å²) >= 11 is 1.64. The molecule has 1 unspecified atom stereocenters. The van der Waals surface area contributed by atoms with E-state index in [9.17, 15) is 9.59 Å². The molecule has 1 N–H and O–H groups in total. The molecule has 1 aromatic carbocycles. The highest BCUT2D eigenvalue weighted by Crippen LogP contribution is 2.41. The van der Waals surface area contributed by atoms with Crippen LogP contribution in [0.25, 0.3) is 0 Å². The maximum atomic E-state index is 13.0. The molecule has 1 aliphatic heterocycles. The molecule has 26 heavy (non-hydrogen) atoms. The first-order valence-corrected chi connectivity index (χ1v) is 9.36. The number of carbonyl (C=O) groups excluding carboxylic acids is 2. The highest BCUT2D eigenvalue weighted by Gasteiger charge is 2.54. The van der Waals surface area contributed by atoms with Gasteiger partial charge in [-0.25, -0.2) is 4.79 Å². The topological polar surface area (TPSA) is 82.4 Å². The van der Waals surface area contributed by atoms with Crippen molar-refractivity contribution in [3.8, 4) is 11.8 Å². The number of thiophene rings is 1. The second kappa shape index (κ2) is 6.46. The smallest absolute Gasteiger partial charge is 0.325 e. The fourth-order valence-electron chi connectivity index (χ4n) is 3.62. The van der Waals surface area contributed by atoms with Gasteiger partial charge in [-0.15, -0.1) is 11.3 Å². The summed E-state index contributed by atoms with van der Waals surface area (Å²) in [5.41, 5.74) is 0.596. The number of nitriles is 1. The molecule has 3 amide bonds. The van der Waals surface area contributed by atoms with Gasteiger partial charge in [0.2, 0.25) is 0 Å². The van der Waals surface area contributed by atoms with Crippen LogP contribution < -0.4 is 10.1 Å². The lowest BCUT2D eigenvalue weighted by Crippen LogP contribution is -2.46. The molecular formula is C19H17N3O3S. The molecule has 2 aliphatic rings. The third-order valence-electron chi connectivity index (χ3n) is 4.90. The Kier molecular flexibility index (Phi) is 4.13. The van der Waals surface area contributed by atoms with Gasteiger partial charge < -0.3 is 10.1 Å². The van der Waals surface area contributed by atoms with E-state index < -0.39 is 5.54 Å². The normalized spacial score (nSPS) is 21.4. The summed E-state index contributed by atoms with van der Waals surface area (Å²) in [6, 6.07) is 10.4. The van der Waals surface area contributed by atoms with Crippen LogP contribution in [0.15, 0.2) is 35.7 Å². The number of hydrogen-bond acceptors (Lipinski definition) is 5. The highest BCUT2D eigenvalue weighted by molar-refractivity contribution is 7.10. The van der Waals surface area contributed by atoms with Crippen molar-refractivity contribution in [3.05, 3.63) is 51.7 Å². The first kappa shape index (κ1) is 16.6. The van der Waals surface area contributed by atoms with Crippen LogP contribution in [-0.2, 0) is 16.8 Å². The van der Waals surface area contributed by atoms with Crippen LogP contribution in [0.3, 0.4) is 0 Å². The number of amides is 3. The predicted octanol–water partition coefficient (Wildman–Crippen LogP) is 2.78. The van der Waals surface area contributed by atoms with E-state index in [1.807, 2.05) is 17.5 Å². The Morgan fingerprint density at radius 2 is 2.08 bits per heavy atom. The number of aryl methyl sites for hydroxylation is 1. The molecule has 1 saturated heterocycles. The van der Waals surface area contributed by atoms with Gasteiger partial charge in [0.15, 0.2) is 0 Å². The van der Waals surface area contributed by atoms with Crippen molar-refractivity contribution in [2.75, 3.05) is 13.2 Å². The Labute approximate surface area is 155 Å². The highest BCUT2D eigenvalue weighted by atomic mass is 32.1. The summed E-state index contributed by atoms with van der Waals surface area (Å²) in [6.07, 6.45) is 2.48. The fraction of sp³-hybridized carbons (Fsp3) is 0.316. The number of ether oxygens (including phenoxy) is 1. The van der Waals surface area contributed by atoms with Crippen molar-refractivity contribution in [1.82, 2.24) is 10.2 Å². The molecule has 4 rings (SSSR count). The van der Waals surface area contributed by atoms with E-state index in [2.05, 4.69) is 5.32 Å². The summed E-state index contributed by atoms with van der Waals surface area (Å²) in [5.74, 6) is 0.411. The predicted molar refractivity (Wildman–Crippen MR) is 95.8 cm³/mol. The second-order valence-electron chi connectivity index (χ2n) is 6.39. The van der Waals surface area contributed by atoms with Crippen LogP contribution in [0.4, 0.5) is 4.79 Å². The van der Waals surface area contributed by atoms with Crippen LogP contribution >= 0.6 is 11.3 Å². The average molecular weight is 367 g/mol. The molecule has 0 radical (unpaired) electrons. The van der Waals surface area contributed by atoms with E-state index in [-0.39, 0.29) is 25.1 Å². The van der Waals surface area contributed by atoms with Crippen LogP contribution in [0.2, 0.25) is 0 Å². The number of fused-ring (bicyclic) bond motifs is 2. The maximum absolute atomic E-state index is 13.0. The van der Waals surface area contributed by atoms with Crippen molar-refractivity contribution in [2.45, 2.75) is 24.8 Å². The third kappa shape index (κ3) is 2.63. The van der Waals surface area contributed by atoms with Crippen molar-refractivity contribution in [1.29, 1.82) is 5.26 Å². The lowest BCUT2D eigenvalue weighted by atomic mass is 9.80. The first-order chi connectivity index (χ1) is 12.6. The van der Waals surface area contributed by atoms with E-state index in [4.69, 9.17) is 10.00 Å². The number of nitrogens with one attached hydrogen (secondary N) is 1. The summed E-state index contributed by atoms with van der Waals surface area (Å²) in [5, 5.41) is 13.7. The second-order valence-corrected chi connectivity index (χ2v) is 7.39. The first-order valence-electron chi connectivity index (χ1n) is 8.48. The molecule has 6 nitrogen and oxygen atoms in total. The van der Waals surface area contributed by atoms with Crippen LogP contribution in [0, 0.1) is 11.3 Å². The van der Waals surface area contributed by atoms with Crippen molar-refractivity contribution >= 4 is 23.3 Å². The molecule has 1 aliphatic carbocycles. The van der Waals surface area contributed by atoms with E-state index in [0.29, 0.717) is 17.7 Å². The molecule has 1 atom stereocenters. The molecule has 1 aromatic heterocycles. The van der Waals surface area contributed by atoms with Crippen molar-refractivity contribution in [2.24, 2.45) is 0 Å². The van der Waals surface area contributed by atoms with Gasteiger partial charge >= 0.3 is 6.03 Å². The maximum Gasteiger partial charge on any atom is 0.325 e. The van der Waals surface area contributed by atoms with Gasteiger partial charge in [-0.3, -0.25) is 9.69 Å². The zero-order valence-electron chi connectivity index (χ0n) is 14.0. The Balaban J connectivity index is 1.45. The minimum Gasteiger partial charge on any atom is -0.492 e. The summed E-state index contributed by atoms with van der Waals surface area (Å²) in [7, 11) is 0. The minimum atomic E-state index is -0.904. The molecule has 1 fully saturated rings. The van der Waals surface area contributed by atoms with E-state index in [1.54, 1.807) is 35.6 Å². The summed E-state index contributed by atoms with van der Waals surface area (Å²) in [4.78, 5) is 27.9. The Morgan fingerprint density at radius 3 is 2.85 bits per heavy atom. The Hall–Kier alpha value is -2.85. The largest absolute Gasteiger partial charge is 0.492 e. The monoisotopic (exact) mass is 367 g/mol. The van der Waals surface area contributed by atoms with E-state index in [0.717, 1.165) is 18.4 Å². The molecule has 0 bridgehead atoms. The van der Waals surface area contributed by atoms with Gasteiger partial charge in [-0.1, -0.05) is 0 Å². The lowest BCUT2D eigenvalue weighted by molar-refractivity contribution is -0.132. The van der Waals surface area contributed by atoms with Gasteiger partial charge in [0.25, 0.3) is 5.91 Å². The van der Waals surface area contributed by atoms with Gasteiger partial charge in [0.1, 0.15) is 17.9 Å². The van der Waals surface area contributed by atoms with Crippen LogP contribution in [-0.4, -0.2) is 30.0 Å². The van der Waals surface area contributed by atoms with Gasteiger partial charge in [0.05, 0.1) is 18.2 Å². The third-order valence-corrected chi connectivity index (χ3v) is 5.88. The fourth-order valence-corrected chi connectivity index (χ4v) is 4.62. The molecule has 2 heterocycles. The number of benzene rings is 1. The molecule has 0 saturated carbocycles. The van der Waals surface area contributed by atoms with E-state index in [1.165, 1.54) is 9.78 Å². The Morgan fingerprint density at radius 1 is 1.27 bits per heavy atom.